The zero-order valence-corrected chi connectivity index (χ0v) is 51.9. The minimum atomic E-state index is -1.81. The summed E-state index contributed by atoms with van der Waals surface area (Å²) in [7, 11) is 4.34. The third kappa shape index (κ3) is 20.4. The Morgan fingerprint density at radius 3 is 1.27 bits per heavy atom. The highest BCUT2D eigenvalue weighted by Gasteiger charge is 2.52. The van der Waals surface area contributed by atoms with Crippen LogP contribution >= 0.6 is 0 Å². The van der Waals surface area contributed by atoms with Crippen LogP contribution in [0.3, 0.4) is 0 Å². The van der Waals surface area contributed by atoms with Crippen molar-refractivity contribution in [3.63, 3.8) is 0 Å². The summed E-state index contributed by atoms with van der Waals surface area (Å²) in [6, 6.07) is 44.7. The van der Waals surface area contributed by atoms with Crippen molar-refractivity contribution in [2.24, 2.45) is 9.98 Å². The van der Waals surface area contributed by atoms with E-state index in [1.54, 1.807) is 21.1 Å². The second kappa shape index (κ2) is 34.9. The quantitative estimate of drug-likeness (QED) is 0.0210. The molecule has 2 heterocycles. The zero-order valence-electron chi connectivity index (χ0n) is 51.9. The number of aliphatic imine (C=N–C) groups is 2. The third-order valence-electron chi connectivity index (χ3n) is 14.9. The van der Waals surface area contributed by atoms with Gasteiger partial charge in [0.05, 0.1) is 63.9 Å². The second-order valence-electron chi connectivity index (χ2n) is 21.6. The number of hydrogen-bond acceptors (Lipinski definition) is 19. The van der Waals surface area contributed by atoms with E-state index in [-0.39, 0.29) is 44.7 Å². The minimum absolute atomic E-state index is 0.0488. The van der Waals surface area contributed by atoms with Gasteiger partial charge in [-0.15, -0.1) is 0 Å². The van der Waals surface area contributed by atoms with Gasteiger partial charge < -0.3 is 84.5 Å². The lowest BCUT2D eigenvalue weighted by atomic mass is 9.92. The number of benzene rings is 6. The van der Waals surface area contributed by atoms with E-state index in [4.69, 9.17) is 53.0 Å². The number of nitrogens with one attached hydrogen (secondary N) is 3. The molecular weight excluding hydrogens is 1190 g/mol. The smallest absolute Gasteiger partial charge is 0.335 e. The summed E-state index contributed by atoms with van der Waals surface area (Å²) in [6.45, 7) is 6.00. The van der Waals surface area contributed by atoms with E-state index in [9.17, 15) is 49.5 Å². The molecule has 3 amide bonds. The Bertz CT molecular complexity index is 3410. The lowest BCUT2D eigenvalue weighted by Crippen LogP contribution is -2.67. The van der Waals surface area contributed by atoms with Crippen LogP contribution in [0.4, 0.5) is 0 Å². The summed E-state index contributed by atoms with van der Waals surface area (Å²) >= 11 is 0. The zero-order chi connectivity index (χ0) is 66.3. The van der Waals surface area contributed by atoms with E-state index in [0.717, 1.165) is 52.1 Å². The van der Waals surface area contributed by atoms with E-state index < -0.39 is 91.5 Å². The summed E-state index contributed by atoms with van der Waals surface area (Å²) in [5.74, 6) is 0.456. The molecule has 490 valence electrons. The highest BCUT2D eigenvalue weighted by Crippen LogP contribution is 2.31. The van der Waals surface area contributed by atoms with E-state index in [0.29, 0.717) is 41.8 Å². The predicted octanol–water partition coefficient (Wildman–Crippen LogP) is 5.70. The Labute approximate surface area is 532 Å². The molecule has 6 aromatic carbocycles. The van der Waals surface area contributed by atoms with Crippen LogP contribution in [0.1, 0.15) is 66.0 Å². The Hall–Kier alpha value is -9.11. The van der Waals surface area contributed by atoms with E-state index >= 15 is 0 Å². The van der Waals surface area contributed by atoms with Gasteiger partial charge in [-0.25, -0.2) is 4.79 Å². The monoisotopic (exact) mass is 1270 g/mol. The van der Waals surface area contributed by atoms with Gasteiger partial charge >= 0.3 is 11.9 Å². The number of carboxylic acid groups (broad SMARTS) is 2. The van der Waals surface area contributed by atoms with Crippen LogP contribution in [0, 0.1) is 13.8 Å². The lowest BCUT2D eigenvalue weighted by molar-refractivity contribution is -0.327. The molecule has 0 spiro atoms. The molecule has 8 rings (SSSR count). The molecule has 9 N–H and O–H groups in total. The molecule has 24 nitrogen and oxygen atoms in total. The second-order valence-corrected chi connectivity index (χ2v) is 21.6. The fourth-order valence-corrected chi connectivity index (χ4v) is 9.86. The van der Waals surface area contributed by atoms with Gasteiger partial charge in [-0.2, -0.15) is 0 Å². The fraction of sp³-hybridized carbons (Fsp3) is 0.368. The minimum Gasteiger partial charge on any atom is -0.497 e. The number of ether oxygens (including phenoxy) is 8. The molecule has 6 aromatic rings. The van der Waals surface area contributed by atoms with E-state index in [2.05, 4.69) is 16.0 Å². The number of aliphatic carboxylic acids is 2. The number of carboxylic acids is 2. The molecule has 0 aliphatic carbocycles. The first kappa shape index (κ1) is 70.3. The van der Waals surface area contributed by atoms with Crippen LogP contribution in [0.25, 0.3) is 0 Å². The lowest BCUT2D eigenvalue weighted by Gasteiger charge is -2.47. The molecule has 2 aliphatic heterocycles. The number of rotatable bonds is 28. The molecule has 2 fully saturated rings. The van der Waals surface area contributed by atoms with Crippen LogP contribution in [-0.4, -0.2) is 187 Å². The summed E-state index contributed by atoms with van der Waals surface area (Å²) in [5.41, 5.74) is 7.21. The third-order valence-corrected chi connectivity index (χ3v) is 14.9. The molecule has 0 radical (unpaired) electrons. The molecule has 10 atom stereocenters. The average molecular weight is 1270 g/mol. The van der Waals surface area contributed by atoms with Crippen molar-refractivity contribution in [3.05, 3.63) is 179 Å². The number of aryl methyl sites for hydroxylation is 2. The molecule has 24 heteroatoms. The number of aliphatic hydroxyl groups is 4. The molecular formula is C68H79N5O19. The van der Waals surface area contributed by atoms with Crippen molar-refractivity contribution in [2.75, 3.05) is 54.1 Å². The molecule has 0 bridgehead atoms. The van der Waals surface area contributed by atoms with Crippen LogP contribution in [0.2, 0.25) is 0 Å². The summed E-state index contributed by atoms with van der Waals surface area (Å²) in [6.07, 6.45) is -14.2. The number of carbonyl (C=O) groups is 5. The van der Waals surface area contributed by atoms with Crippen molar-refractivity contribution in [2.45, 2.75) is 108 Å². The maximum Gasteiger partial charge on any atom is 0.335 e. The molecule has 92 heavy (non-hydrogen) atoms. The highest BCUT2D eigenvalue weighted by molar-refractivity contribution is 6.13. The highest BCUT2D eigenvalue weighted by atomic mass is 16.7. The number of carbonyl (C=O) groups excluding carboxylic acids is 3. The average Bonchev–Trinajstić information content (AvgIpc) is 1.05. The first-order valence-electron chi connectivity index (χ1n) is 29.8. The number of hydrogen-bond donors (Lipinski definition) is 9. The van der Waals surface area contributed by atoms with E-state index in [1.807, 2.05) is 159 Å². The maximum atomic E-state index is 13.1. The van der Waals surface area contributed by atoms with Gasteiger partial charge in [0.2, 0.25) is 17.7 Å². The van der Waals surface area contributed by atoms with Gasteiger partial charge in [0.15, 0.2) is 12.4 Å². The largest absolute Gasteiger partial charge is 0.497 e. The van der Waals surface area contributed by atoms with Gasteiger partial charge in [0.1, 0.15) is 71.1 Å². The number of methoxy groups -OCH3 is 3. The molecule has 0 aromatic heterocycles. The SMILES string of the molecule is COc1ccc(C(=NCCNC(=O)CCC(=O)NC2[C@H](C)OC(CO)[C@@H](O)[C@@H]2O[C@@H]2OC(C(=O)O)[C@@H](OC)[C@H](O)C2O)c2ccc(Oc3ccc(C)cc3)cc2)cc1.COc1ccc(C(=NCCNC(=O)CCC(=O)O)c2ccc(Oc3ccc(C)cc3)cc2)cc1. The summed E-state index contributed by atoms with van der Waals surface area (Å²) in [4.78, 5) is 69.6. The van der Waals surface area contributed by atoms with Crippen LogP contribution in [0.15, 0.2) is 156 Å². The van der Waals surface area contributed by atoms with Gasteiger partial charge in [0.25, 0.3) is 0 Å². The van der Waals surface area contributed by atoms with Crippen molar-refractivity contribution in [3.8, 4) is 34.5 Å². The standard InChI is InChI=1S/C41H51N3O14.C27H28N2O5/c1-22-5-11-27(12-6-22)56-28-15-9-25(10-16-28)33(24-7-13-26(53-3)14-8-24)43-20-19-42-30(46)17-18-31(47)44-32-23(2)55-29(21-45)34(48)37(32)57-41-36(50)35(49)38(54-4)39(58-41)40(51)52;1-19-3-9-23(10-4-19)34-24-13-7-21(8-14-24)27(20-5-11-22(33-2)12-6-20)29-18-17-28-25(30)15-16-26(31)32/h5-16,23,29,32,34-39,41,45,48-50H,17-21H2,1-4H3,(H,42,46)(H,44,47)(H,51,52);3-14H,15-18H2,1-2H3,(H,28,30)(H,31,32)/t23-,29?,32?,34+,35+,36?,37+,38-,39?,41+;/m0./s1. The van der Waals surface area contributed by atoms with Gasteiger partial charge in [0, 0.05) is 61.7 Å². The Balaban J connectivity index is 0.000000299. The number of amides is 3. The summed E-state index contributed by atoms with van der Waals surface area (Å²) in [5, 5.41) is 68.5. The van der Waals surface area contributed by atoms with Gasteiger partial charge in [-0.05, 0) is 142 Å². The molecule has 0 saturated carbocycles. The van der Waals surface area contributed by atoms with Gasteiger partial charge in [-0.3, -0.25) is 29.2 Å². The van der Waals surface area contributed by atoms with Crippen LogP contribution < -0.4 is 34.9 Å². The Morgan fingerprint density at radius 1 is 0.500 bits per heavy atom. The van der Waals surface area contributed by atoms with Crippen molar-refractivity contribution >= 4 is 41.1 Å². The topological polar surface area (TPSA) is 341 Å². The molecule has 2 aliphatic rings. The van der Waals surface area contributed by atoms with Crippen LogP contribution in [-0.2, 0) is 42.9 Å². The predicted molar refractivity (Wildman–Crippen MR) is 338 cm³/mol. The van der Waals surface area contributed by atoms with Crippen molar-refractivity contribution < 1.29 is 92.5 Å². The van der Waals surface area contributed by atoms with Crippen molar-refractivity contribution in [1.82, 2.24) is 16.0 Å². The van der Waals surface area contributed by atoms with E-state index in [1.165, 1.54) is 5.56 Å². The Morgan fingerprint density at radius 2 is 0.891 bits per heavy atom. The molecule has 2 saturated heterocycles. The normalized spacial score (nSPS) is 21.3. The maximum absolute atomic E-state index is 13.1. The number of aliphatic hydroxyl groups excluding tert-OH is 4. The Kier molecular flexibility index (Phi) is 26.7. The first-order chi connectivity index (χ1) is 44.3. The van der Waals surface area contributed by atoms with Crippen molar-refractivity contribution in [1.29, 1.82) is 0 Å². The summed E-state index contributed by atoms with van der Waals surface area (Å²) < 4.78 is 44.4. The first-order valence-corrected chi connectivity index (χ1v) is 29.8. The number of nitrogens with zero attached hydrogens (tertiary/aromatic N) is 2. The van der Waals surface area contributed by atoms with Gasteiger partial charge in [-0.1, -0.05) is 35.4 Å². The fourth-order valence-electron chi connectivity index (χ4n) is 9.86. The molecule has 4 unspecified atom stereocenters. The van der Waals surface area contributed by atoms with Crippen LogP contribution in [0.5, 0.6) is 34.5 Å².